The number of rotatable bonds is 16. The molecule has 0 spiro atoms. The Morgan fingerprint density at radius 3 is 1.26 bits per heavy atom. The van der Waals surface area contributed by atoms with Crippen molar-refractivity contribution in [3.8, 4) is 0 Å². The van der Waals surface area contributed by atoms with E-state index in [0.29, 0.717) is 43.8 Å². The Bertz CT molecular complexity index is 1250. The summed E-state index contributed by atoms with van der Waals surface area (Å²) in [5.74, 6) is 1.50. The van der Waals surface area contributed by atoms with Crippen LogP contribution in [0.3, 0.4) is 0 Å². The first-order chi connectivity index (χ1) is 22.1. The van der Waals surface area contributed by atoms with Gasteiger partial charge in [0, 0.05) is 39.6 Å². The zero-order valence-corrected chi connectivity index (χ0v) is 28.9. The fourth-order valence-electron chi connectivity index (χ4n) is 6.10. The van der Waals surface area contributed by atoms with Gasteiger partial charge >= 0.3 is 0 Å². The largest absolute Gasteiger partial charge is 0.396 e. The van der Waals surface area contributed by atoms with Crippen LogP contribution >= 0.6 is 0 Å². The fourth-order valence-corrected chi connectivity index (χ4v) is 7.94. The van der Waals surface area contributed by atoms with Crippen molar-refractivity contribution in [3.63, 3.8) is 0 Å². The SMILES string of the molecule is Cc1ccc(S(=O)(=O)OCCC(CCOS(=O)(=O)c2ccc(C)cc2)C2CCOCC2)cc1.OCCC(CCO)C1CCOCC1. The van der Waals surface area contributed by atoms with E-state index in [-0.39, 0.29) is 42.1 Å². The van der Waals surface area contributed by atoms with Crippen LogP contribution in [0.15, 0.2) is 58.3 Å². The molecule has 10 nitrogen and oxygen atoms in total. The zero-order chi connectivity index (χ0) is 33.4. The van der Waals surface area contributed by atoms with Crippen LogP contribution in [0.25, 0.3) is 0 Å². The van der Waals surface area contributed by atoms with Crippen molar-refractivity contribution in [3.05, 3.63) is 59.7 Å². The number of hydrogen-bond donors (Lipinski definition) is 2. The van der Waals surface area contributed by atoms with Crippen molar-refractivity contribution in [2.24, 2.45) is 23.7 Å². The molecule has 2 aliphatic rings. The van der Waals surface area contributed by atoms with Gasteiger partial charge in [0.25, 0.3) is 20.2 Å². The van der Waals surface area contributed by atoms with Gasteiger partial charge < -0.3 is 19.7 Å². The van der Waals surface area contributed by atoms with E-state index in [1.54, 1.807) is 24.3 Å². The lowest BCUT2D eigenvalue weighted by Gasteiger charge is -2.30. The molecule has 0 bridgehead atoms. The molecule has 260 valence electrons. The van der Waals surface area contributed by atoms with Gasteiger partial charge in [0.15, 0.2) is 0 Å². The first kappa shape index (κ1) is 38.5. The first-order valence-corrected chi connectivity index (χ1v) is 19.2. The quantitative estimate of drug-likeness (QED) is 0.231. The van der Waals surface area contributed by atoms with Crippen molar-refractivity contribution in [2.75, 3.05) is 52.9 Å². The van der Waals surface area contributed by atoms with Crippen LogP contribution in [-0.4, -0.2) is 79.9 Å². The van der Waals surface area contributed by atoms with E-state index in [2.05, 4.69) is 0 Å². The van der Waals surface area contributed by atoms with Crippen LogP contribution in [0.4, 0.5) is 0 Å². The van der Waals surface area contributed by atoms with Gasteiger partial charge in [-0.3, -0.25) is 8.37 Å². The highest BCUT2D eigenvalue weighted by atomic mass is 32.2. The molecule has 0 unspecified atom stereocenters. The number of benzene rings is 2. The highest BCUT2D eigenvalue weighted by Gasteiger charge is 2.26. The van der Waals surface area contributed by atoms with Gasteiger partial charge in [0.1, 0.15) is 0 Å². The molecule has 0 atom stereocenters. The highest BCUT2D eigenvalue weighted by molar-refractivity contribution is 7.87. The van der Waals surface area contributed by atoms with Crippen LogP contribution < -0.4 is 0 Å². The summed E-state index contributed by atoms with van der Waals surface area (Å²) < 4.78 is 71.2. The van der Waals surface area contributed by atoms with Crippen LogP contribution in [0, 0.1) is 37.5 Å². The lowest BCUT2D eigenvalue weighted by Crippen LogP contribution is -2.26. The Labute approximate surface area is 275 Å². The molecular formula is C34H52O10S2. The minimum atomic E-state index is -3.84. The summed E-state index contributed by atoms with van der Waals surface area (Å²) in [5, 5.41) is 17.8. The minimum Gasteiger partial charge on any atom is -0.396 e. The Balaban J connectivity index is 0.000000370. The maximum absolute atomic E-state index is 12.5. The molecular weight excluding hydrogens is 632 g/mol. The van der Waals surface area contributed by atoms with Crippen LogP contribution in [0.1, 0.15) is 62.5 Å². The van der Waals surface area contributed by atoms with Crippen molar-refractivity contribution in [1.82, 2.24) is 0 Å². The average molecular weight is 685 g/mol. The predicted octanol–water partition coefficient (Wildman–Crippen LogP) is 5.03. The molecule has 2 aliphatic heterocycles. The smallest absolute Gasteiger partial charge is 0.296 e. The van der Waals surface area contributed by atoms with Gasteiger partial charge in [-0.25, -0.2) is 0 Å². The van der Waals surface area contributed by atoms with Gasteiger partial charge in [-0.1, -0.05) is 35.4 Å². The van der Waals surface area contributed by atoms with Crippen molar-refractivity contribution in [1.29, 1.82) is 0 Å². The van der Waals surface area contributed by atoms with Gasteiger partial charge in [-0.05, 0) is 113 Å². The molecule has 2 heterocycles. The standard InChI is InChI=1S/C24H32O7S2.C10H20O3/c1-19-3-7-23(8-4-19)32(25,26)30-17-13-22(21-11-15-29-16-12-21)14-18-31-33(27,28)24-9-5-20(2)6-10-24;11-5-1-9(2-6-12)10-3-7-13-8-4-10/h3-10,21-22H,11-18H2,1-2H3;9-12H,1-8H2. The maximum Gasteiger partial charge on any atom is 0.296 e. The lowest BCUT2D eigenvalue weighted by atomic mass is 9.82. The van der Waals surface area contributed by atoms with Crippen molar-refractivity contribution >= 4 is 20.2 Å². The van der Waals surface area contributed by atoms with E-state index in [4.69, 9.17) is 28.1 Å². The van der Waals surface area contributed by atoms with Crippen molar-refractivity contribution < 1.29 is 44.9 Å². The summed E-state index contributed by atoms with van der Waals surface area (Å²) >= 11 is 0. The number of hydrogen-bond acceptors (Lipinski definition) is 10. The second-order valence-electron chi connectivity index (χ2n) is 12.2. The van der Waals surface area contributed by atoms with Crippen molar-refractivity contribution in [2.45, 2.75) is 75.0 Å². The van der Waals surface area contributed by atoms with E-state index < -0.39 is 20.2 Å². The Hall–Kier alpha value is -1.90. The molecule has 0 aliphatic carbocycles. The third-order valence-corrected chi connectivity index (χ3v) is 11.6. The normalized spacial score (nSPS) is 16.8. The molecule has 2 fully saturated rings. The summed E-state index contributed by atoms with van der Waals surface area (Å²) in [6, 6.07) is 13.0. The van der Waals surface area contributed by atoms with Gasteiger partial charge in [-0.15, -0.1) is 0 Å². The van der Waals surface area contributed by atoms with Gasteiger partial charge in [0.2, 0.25) is 0 Å². The topological polar surface area (TPSA) is 146 Å². The molecule has 46 heavy (non-hydrogen) atoms. The fraction of sp³-hybridized carbons (Fsp3) is 0.647. The molecule has 4 rings (SSSR count). The molecule has 2 aromatic carbocycles. The van der Waals surface area contributed by atoms with E-state index in [1.807, 2.05) is 13.8 Å². The molecule has 0 saturated carbocycles. The Kier molecular flexibility index (Phi) is 16.6. The van der Waals surface area contributed by atoms with E-state index in [1.165, 1.54) is 24.3 Å². The highest BCUT2D eigenvalue weighted by Crippen LogP contribution is 2.30. The van der Waals surface area contributed by atoms with E-state index in [0.717, 1.165) is 62.9 Å². The molecule has 2 N–H and O–H groups in total. The number of aliphatic hydroxyl groups is 2. The molecule has 12 heteroatoms. The van der Waals surface area contributed by atoms with Crippen LogP contribution in [-0.2, 0) is 38.1 Å². The minimum absolute atomic E-state index is 0.0307. The second-order valence-corrected chi connectivity index (χ2v) is 15.4. The molecule has 2 aromatic rings. The molecule has 2 saturated heterocycles. The average Bonchev–Trinajstić information content (AvgIpc) is 3.05. The Morgan fingerprint density at radius 1 is 0.609 bits per heavy atom. The van der Waals surface area contributed by atoms with E-state index in [9.17, 15) is 16.8 Å². The summed E-state index contributed by atoms with van der Waals surface area (Å²) in [7, 11) is -7.68. The monoisotopic (exact) mass is 684 g/mol. The molecule has 0 amide bonds. The summed E-state index contributed by atoms with van der Waals surface area (Å²) in [6.45, 7) is 7.29. The summed E-state index contributed by atoms with van der Waals surface area (Å²) in [4.78, 5) is 0.256. The summed E-state index contributed by atoms with van der Waals surface area (Å²) in [6.07, 6.45) is 6.50. The van der Waals surface area contributed by atoms with Crippen LogP contribution in [0.5, 0.6) is 0 Å². The molecule has 0 radical (unpaired) electrons. The number of aryl methyl sites for hydroxylation is 2. The van der Waals surface area contributed by atoms with Crippen LogP contribution in [0.2, 0.25) is 0 Å². The second kappa shape index (κ2) is 19.8. The third kappa shape index (κ3) is 13.0. The Morgan fingerprint density at radius 2 is 0.935 bits per heavy atom. The first-order valence-electron chi connectivity index (χ1n) is 16.3. The van der Waals surface area contributed by atoms with E-state index >= 15 is 0 Å². The summed E-state index contributed by atoms with van der Waals surface area (Å²) in [5.41, 5.74) is 1.93. The lowest BCUT2D eigenvalue weighted by molar-refractivity contribution is 0.0357. The number of ether oxygens (including phenoxy) is 2. The predicted molar refractivity (Wildman–Crippen MR) is 175 cm³/mol. The van der Waals surface area contributed by atoms with Gasteiger partial charge in [-0.2, -0.15) is 16.8 Å². The zero-order valence-electron chi connectivity index (χ0n) is 27.2. The van der Waals surface area contributed by atoms with Gasteiger partial charge in [0.05, 0.1) is 23.0 Å². The third-order valence-electron chi connectivity index (χ3n) is 8.94. The maximum atomic E-state index is 12.5. The number of aliphatic hydroxyl groups excluding tert-OH is 2. The molecule has 0 aromatic heterocycles.